The summed E-state index contributed by atoms with van der Waals surface area (Å²) in [6.07, 6.45) is -0.123. The Bertz CT molecular complexity index is 585. The van der Waals surface area contributed by atoms with Gasteiger partial charge in [0.15, 0.2) is 11.6 Å². The van der Waals surface area contributed by atoms with E-state index in [9.17, 15) is 13.6 Å². The topological polar surface area (TPSA) is 80.9 Å². The van der Waals surface area contributed by atoms with E-state index < -0.39 is 17.6 Å². The highest BCUT2D eigenvalue weighted by molar-refractivity contribution is 5.66. The van der Waals surface area contributed by atoms with Gasteiger partial charge in [0.2, 0.25) is 0 Å². The predicted molar refractivity (Wildman–Crippen MR) is 55.0 cm³/mol. The lowest BCUT2D eigenvalue weighted by Gasteiger charge is -2.04. The third-order valence-electron chi connectivity index (χ3n) is 2.23. The number of benzene rings is 1. The lowest BCUT2D eigenvalue weighted by Crippen LogP contribution is -2.08. The summed E-state index contributed by atoms with van der Waals surface area (Å²) in [5.41, 5.74) is -0.0261. The Morgan fingerprint density at radius 3 is 2.83 bits per heavy atom. The molecule has 0 saturated heterocycles. The highest BCUT2D eigenvalue weighted by atomic mass is 19.1. The van der Waals surface area contributed by atoms with Crippen LogP contribution in [0.3, 0.4) is 0 Å². The van der Waals surface area contributed by atoms with Crippen LogP contribution in [0.1, 0.15) is 12.2 Å². The maximum absolute atomic E-state index is 13.5. The molecule has 0 atom stereocenters. The number of carboxylic acid groups (broad SMARTS) is 1. The number of nitrogens with zero attached hydrogens (tertiary/aromatic N) is 4. The van der Waals surface area contributed by atoms with Crippen molar-refractivity contribution < 1.29 is 18.7 Å². The standard InChI is InChI=1S/C10H8F2N4O2/c11-6-1-2-8(7(12)5-6)16-9(13-14-15-16)3-4-10(17)18/h1-2,5H,3-4H2,(H,17,18). The van der Waals surface area contributed by atoms with Crippen LogP contribution in [-0.2, 0) is 11.2 Å². The molecule has 0 aliphatic heterocycles. The summed E-state index contributed by atoms with van der Waals surface area (Å²) < 4.78 is 27.3. The van der Waals surface area contributed by atoms with Gasteiger partial charge in [-0.25, -0.2) is 8.78 Å². The highest BCUT2D eigenvalue weighted by Gasteiger charge is 2.13. The van der Waals surface area contributed by atoms with Crippen molar-refractivity contribution in [1.29, 1.82) is 0 Å². The quantitative estimate of drug-likeness (QED) is 0.878. The van der Waals surface area contributed by atoms with Gasteiger partial charge in [-0.1, -0.05) is 0 Å². The van der Waals surface area contributed by atoms with Crippen molar-refractivity contribution >= 4 is 5.97 Å². The number of aliphatic carboxylic acids is 1. The second kappa shape index (κ2) is 4.86. The molecule has 94 valence electrons. The largest absolute Gasteiger partial charge is 0.481 e. The molecule has 2 rings (SSSR count). The minimum absolute atomic E-state index is 0.0261. The fourth-order valence-corrected chi connectivity index (χ4v) is 1.42. The number of tetrazole rings is 1. The monoisotopic (exact) mass is 254 g/mol. The van der Waals surface area contributed by atoms with Gasteiger partial charge in [0.05, 0.1) is 6.42 Å². The summed E-state index contributed by atoms with van der Waals surface area (Å²) in [6, 6.07) is 2.96. The fourth-order valence-electron chi connectivity index (χ4n) is 1.42. The fraction of sp³-hybridized carbons (Fsp3) is 0.200. The first kappa shape index (κ1) is 12.1. The van der Waals surface area contributed by atoms with Crippen LogP contribution in [0.5, 0.6) is 0 Å². The maximum Gasteiger partial charge on any atom is 0.303 e. The molecule has 18 heavy (non-hydrogen) atoms. The highest BCUT2D eigenvalue weighted by Crippen LogP contribution is 2.15. The lowest BCUT2D eigenvalue weighted by molar-refractivity contribution is -0.137. The molecule has 0 saturated carbocycles. The van der Waals surface area contributed by atoms with Gasteiger partial charge in [-0.05, 0) is 22.6 Å². The summed E-state index contributed by atoms with van der Waals surface area (Å²) in [6.45, 7) is 0. The third kappa shape index (κ3) is 2.47. The van der Waals surface area contributed by atoms with E-state index in [1.807, 2.05) is 0 Å². The molecule has 6 nitrogen and oxygen atoms in total. The molecule has 0 unspecified atom stereocenters. The number of halogens is 2. The minimum atomic E-state index is -1.01. The molecule has 1 N–H and O–H groups in total. The first-order valence-electron chi connectivity index (χ1n) is 5.02. The van der Waals surface area contributed by atoms with Gasteiger partial charge in [-0.3, -0.25) is 4.79 Å². The first-order chi connectivity index (χ1) is 8.58. The van der Waals surface area contributed by atoms with Crippen LogP contribution in [-0.4, -0.2) is 31.3 Å². The number of carbonyl (C=O) groups is 1. The minimum Gasteiger partial charge on any atom is -0.481 e. The zero-order chi connectivity index (χ0) is 13.1. The van der Waals surface area contributed by atoms with Crippen LogP contribution in [0.4, 0.5) is 8.78 Å². The second-order valence-electron chi connectivity index (χ2n) is 3.50. The second-order valence-corrected chi connectivity index (χ2v) is 3.50. The Hall–Kier alpha value is -2.38. The Morgan fingerprint density at radius 2 is 2.17 bits per heavy atom. The van der Waals surface area contributed by atoms with Crippen molar-refractivity contribution in [2.45, 2.75) is 12.8 Å². The van der Waals surface area contributed by atoms with E-state index in [4.69, 9.17) is 5.11 Å². The van der Waals surface area contributed by atoms with Gasteiger partial charge in [-0.2, -0.15) is 4.68 Å². The van der Waals surface area contributed by atoms with Gasteiger partial charge in [0, 0.05) is 12.5 Å². The molecule has 0 radical (unpaired) electrons. The Balaban J connectivity index is 2.33. The number of aromatic nitrogens is 4. The number of hydrogen-bond donors (Lipinski definition) is 1. The van der Waals surface area contributed by atoms with Crippen molar-refractivity contribution in [2.24, 2.45) is 0 Å². The summed E-state index contributed by atoms with van der Waals surface area (Å²) in [5.74, 6) is -2.35. The maximum atomic E-state index is 13.5. The summed E-state index contributed by atoms with van der Waals surface area (Å²) in [7, 11) is 0. The van der Waals surface area contributed by atoms with E-state index >= 15 is 0 Å². The molecule has 0 fully saturated rings. The van der Waals surface area contributed by atoms with E-state index in [0.29, 0.717) is 6.07 Å². The Kier molecular flexibility index (Phi) is 3.26. The van der Waals surface area contributed by atoms with Crippen LogP contribution in [0, 0.1) is 11.6 Å². The predicted octanol–water partition coefficient (Wildman–Crippen LogP) is 0.958. The number of rotatable bonds is 4. The van der Waals surface area contributed by atoms with Crippen molar-refractivity contribution in [2.75, 3.05) is 0 Å². The number of hydrogen-bond acceptors (Lipinski definition) is 4. The van der Waals surface area contributed by atoms with Gasteiger partial charge in [0.25, 0.3) is 0 Å². The van der Waals surface area contributed by atoms with E-state index in [1.54, 1.807) is 0 Å². The molecule has 2 aromatic rings. The molecule has 1 heterocycles. The van der Waals surface area contributed by atoms with Gasteiger partial charge in [-0.15, -0.1) is 5.10 Å². The Morgan fingerprint density at radius 1 is 1.39 bits per heavy atom. The molecule has 0 bridgehead atoms. The lowest BCUT2D eigenvalue weighted by atomic mass is 10.2. The average molecular weight is 254 g/mol. The number of aryl methyl sites for hydroxylation is 1. The van der Waals surface area contributed by atoms with Gasteiger partial charge >= 0.3 is 5.97 Å². The molecule has 8 heteroatoms. The average Bonchev–Trinajstić information content (AvgIpc) is 2.74. The Labute approximate surface area is 99.9 Å². The zero-order valence-corrected chi connectivity index (χ0v) is 9.05. The van der Waals surface area contributed by atoms with Gasteiger partial charge < -0.3 is 5.11 Å². The van der Waals surface area contributed by atoms with E-state index in [2.05, 4.69) is 15.5 Å². The molecule has 1 aromatic heterocycles. The summed E-state index contributed by atoms with van der Waals surface area (Å²) in [5, 5.41) is 19.1. The van der Waals surface area contributed by atoms with E-state index in [1.165, 1.54) is 6.07 Å². The SMILES string of the molecule is O=C(O)CCc1nnnn1-c1ccc(F)cc1F. The van der Waals surface area contributed by atoms with Crippen molar-refractivity contribution in [3.63, 3.8) is 0 Å². The van der Waals surface area contributed by atoms with Gasteiger partial charge in [0.1, 0.15) is 11.5 Å². The normalized spacial score (nSPS) is 10.6. The number of carboxylic acids is 1. The van der Waals surface area contributed by atoms with E-state index in [0.717, 1.165) is 10.7 Å². The molecule has 0 aliphatic rings. The summed E-state index contributed by atoms with van der Waals surface area (Å²) >= 11 is 0. The third-order valence-corrected chi connectivity index (χ3v) is 2.23. The van der Waals surface area contributed by atoms with Crippen LogP contribution in [0.15, 0.2) is 18.2 Å². The van der Waals surface area contributed by atoms with Crippen molar-refractivity contribution in [3.8, 4) is 5.69 Å². The molecule has 0 amide bonds. The van der Waals surface area contributed by atoms with Crippen LogP contribution >= 0.6 is 0 Å². The van der Waals surface area contributed by atoms with Crippen LogP contribution < -0.4 is 0 Å². The molecular formula is C10H8F2N4O2. The van der Waals surface area contributed by atoms with Crippen molar-refractivity contribution in [1.82, 2.24) is 20.2 Å². The van der Waals surface area contributed by atoms with E-state index in [-0.39, 0.29) is 24.4 Å². The molecular weight excluding hydrogens is 246 g/mol. The van der Waals surface area contributed by atoms with Crippen molar-refractivity contribution in [3.05, 3.63) is 35.7 Å². The molecule has 0 aliphatic carbocycles. The first-order valence-corrected chi connectivity index (χ1v) is 5.02. The van der Waals surface area contributed by atoms with Crippen LogP contribution in [0.2, 0.25) is 0 Å². The molecule has 0 spiro atoms. The zero-order valence-electron chi connectivity index (χ0n) is 9.05. The van der Waals surface area contributed by atoms with Crippen LogP contribution in [0.25, 0.3) is 5.69 Å². The molecule has 1 aromatic carbocycles. The summed E-state index contributed by atoms with van der Waals surface area (Å²) in [4.78, 5) is 10.5. The smallest absolute Gasteiger partial charge is 0.303 e.